The molecule has 0 aliphatic heterocycles. The Kier molecular flexibility index (Phi) is 2.35. The summed E-state index contributed by atoms with van der Waals surface area (Å²) in [6.07, 6.45) is 0. The van der Waals surface area contributed by atoms with Gasteiger partial charge in [0.05, 0.1) is 12.2 Å². The molecule has 0 spiro atoms. The van der Waals surface area contributed by atoms with E-state index in [4.69, 9.17) is 11.6 Å². The van der Waals surface area contributed by atoms with Crippen LogP contribution in [0.2, 0.25) is 0 Å². The van der Waals surface area contributed by atoms with Gasteiger partial charge in [-0.05, 0) is 19.9 Å². The second-order valence-electron chi connectivity index (χ2n) is 2.60. The lowest BCUT2D eigenvalue weighted by molar-refractivity contribution is 0.666. The Labute approximate surface area is 71.5 Å². The van der Waals surface area contributed by atoms with E-state index in [1.54, 1.807) is 0 Å². The molecule has 2 nitrogen and oxygen atoms in total. The lowest BCUT2D eigenvalue weighted by atomic mass is 10.4. The van der Waals surface area contributed by atoms with Crippen molar-refractivity contribution >= 4 is 11.6 Å². The van der Waals surface area contributed by atoms with Gasteiger partial charge in [0.15, 0.2) is 0 Å². The van der Waals surface area contributed by atoms with E-state index in [1.165, 1.54) is 0 Å². The van der Waals surface area contributed by atoms with Gasteiger partial charge in [-0.3, -0.25) is 4.68 Å². The third kappa shape index (κ3) is 2.09. The fraction of sp³-hybridized carbons (Fsp3) is 0.375. The maximum absolute atomic E-state index is 5.64. The molecule has 0 amide bonds. The first-order chi connectivity index (χ1) is 5.09. The Morgan fingerprint density at radius 1 is 1.73 bits per heavy atom. The van der Waals surface area contributed by atoms with Crippen molar-refractivity contribution in [3.63, 3.8) is 0 Å². The van der Waals surface area contributed by atoms with Crippen molar-refractivity contribution in [3.05, 3.63) is 29.1 Å². The minimum absolute atomic E-state index is 0.598. The maximum Gasteiger partial charge on any atom is 0.0763 e. The van der Waals surface area contributed by atoms with Crippen molar-refractivity contribution in [2.45, 2.75) is 20.4 Å². The van der Waals surface area contributed by atoms with Crippen molar-refractivity contribution in [1.82, 2.24) is 9.78 Å². The van der Waals surface area contributed by atoms with Gasteiger partial charge in [0, 0.05) is 10.7 Å². The van der Waals surface area contributed by atoms with Crippen LogP contribution in [-0.4, -0.2) is 9.78 Å². The van der Waals surface area contributed by atoms with Crippen LogP contribution in [0.4, 0.5) is 0 Å². The zero-order chi connectivity index (χ0) is 8.43. The fourth-order valence-electron chi connectivity index (χ4n) is 0.998. The van der Waals surface area contributed by atoms with Crippen LogP contribution in [0.3, 0.4) is 0 Å². The predicted molar refractivity (Wildman–Crippen MR) is 46.7 cm³/mol. The minimum atomic E-state index is 0.598. The van der Waals surface area contributed by atoms with Crippen LogP contribution < -0.4 is 0 Å². The Bertz CT molecular complexity index is 276. The van der Waals surface area contributed by atoms with E-state index in [2.05, 4.69) is 11.7 Å². The standard InChI is InChI=1S/C8H11ClN2/c1-6(9)5-11-8(3)4-7(2)10-11/h4H,1,5H2,2-3H3. The number of halogens is 1. The van der Waals surface area contributed by atoms with E-state index < -0.39 is 0 Å². The van der Waals surface area contributed by atoms with Crippen molar-refractivity contribution in [2.24, 2.45) is 0 Å². The van der Waals surface area contributed by atoms with Gasteiger partial charge in [0.25, 0.3) is 0 Å². The summed E-state index contributed by atoms with van der Waals surface area (Å²) in [5.41, 5.74) is 2.13. The average Bonchev–Trinajstić information content (AvgIpc) is 2.09. The second kappa shape index (κ2) is 3.09. The van der Waals surface area contributed by atoms with E-state index in [0.29, 0.717) is 11.6 Å². The van der Waals surface area contributed by atoms with Crippen molar-refractivity contribution in [3.8, 4) is 0 Å². The minimum Gasteiger partial charge on any atom is -0.264 e. The number of allylic oxidation sites excluding steroid dienone is 1. The Morgan fingerprint density at radius 3 is 2.73 bits per heavy atom. The number of hydrogen-bond donors (Lipinski definition) is 0. The third-order valence-corrected chi connectivity index (χ3v) is 1.54. The maximum atomic E-state index is 5.64. The molecule has 60 valence electrons. The van der Waals surface area contributed by atoms with Crippen molar-refractivity contribution < 1.29 is 0 Å². The van der Waals surface area contributed by atoms with Gasteiger partial charge in [0.2, 0.25) is 0 Å². The molecular formula is C8H11ClN2. The molecule has 0 aliphatic rings. The lowest BCUT2D eigenvalue weighted by Gasteiger charge is -2.00. The molecule has 1 heterocycles. The summed E-state index contributed by atoms with van der Waals surface area (Å²) in [5, 5.41) is 4.83. The van der Waals surface area contributed by atoms with E-state index in [9.17, 15) is 0 Å². The highest BCUT2D eigenvalue weighted by Gasteiger charge is 1.99. The van der Waals surface area contributed by atoms with Gasteiger partial charge < -0.3 is 0 Å². The molecule has 0 atom stereocenters. The summed E-state index contributed by atoms with van der Waals surface area (Å²) < 4.78 is 1.84. The smallest absolute Gasteiger partial charge is 0.0763 e. The van der Waals surface area contributed by atoms with Gasteiger partial charge in [-0.1, -0.05) is 18.2 Å². The van der Waals surface area contributed by atoms with Gasteiger partial charge in [-0.15, -0.1) is 0 Å². The van der Waals surface area contributed by atoms with E-state index in [1.807, 2.05) is 24.6 Å². The van der Waals surface area contributed by atoms with Gasteiger partial charge >= 0.3 is 0 Å². The van der Waals surface area contributed by atoms with Crippen LogP contribution in [0.1, 0.15) is 11.4 Å². The zero-order valence-corrected chi connectivity index (χ0v) is 7.52. The quantitative estimate of drug-likeness (QED) is 0.666. The largest absolute Gasteiger partial charge is 0.264 e. The fourth-order valence-corrected chi connectivity index (χ4v) is 1.11. The van der Waals surface area contributed by atoms with Crippen LogP contribution in [0.15, 0.2) is 17.7 Å². The highest BCUT2D eigenvalue weighted by atomic mass is 35.5. The predicted octanol–water partition coefficient (Wildman–Crippen LogP) is 2.25. The summed E-state index contributed by atoms with van der Waals surface area (Å²) >= 11 is 5.64. The topological polar surface area (TPSA) is 17.8 Å². The van der Waals surface area contributed by atoms with Gasteiger partial charge in [-0.2, -0.15) is 5.10 Å². The molecule has 0 aliphatic carbocycles. The molecule has 3 heteroatoms. The lowest BCUT2D eigenvalue weighted by Crippen LogP contribution is -2.01. The van der Waals surface area contributed by atoms with Crippen LogP contribution in [0.25, 0.3) is 0 Å². The summed E-state index contributed by atoms with van der Waals surface area (Å²) in [4.78, 5) is 0. The van der Waals surface area contributed by atoms with Crippen molar-refractivity contribution in [1.29, 1.82) is 0 Å². The summed E-state index contributed by atoms with van der Waals surface area (Å²) in [6.45, 7) is 8.16. The molecule has 0 bridgehead atoms. The van der Waals surface area contributed by atoms with Crippen molar-refractivity contribution in [2.75, 3.05) is 0 Å². The molecule has 0 N–H and O–H groups in total. The number of aryl methyl sites for hydroxylation is 2. The number of hydrogen-bond acceptors (Lipinski definition) is 1. The van der Waals surface area contributed by atoms with Crippen LogP contribution in [0, 0.1) is 13.8 Å². The SMILES string of the molecule is C=C(Cl)Cn1nc(C)cc1C. The van der Waals surface area contributed by atoms with Crippen LogP contribution in [-0.2, 0) is 6.54 Å². The Balaban J connectivity index is 2.85. The molecule has 0 saturated heterocycles. The number of nitrogens with zero attached hydrogens (tertiary/aromatic N) is 2. The Morgan fingerprint density at radius 2 is 2.36 bits per heavy atom. The zero-order valence-electron chi connectivity index (χ0n) is 6.76. The molecule has 1 rings (SSSR count). The van der Waals surface area contributed by atoms with Gasteiger partial charge in [0.1, 0.15) is 0 Å². The van der Waals surface area contributed by atoms with Gasteiger partial charge in [-0.25, -0.2) is 0 Å². The molecule has 0 radical (unpaired) electrons. The van der Waals surface area contributed by atoms with E-state index >= 15 is 0 Å². The third-order valence-electron chi connectivity index (χ3n) is 1.42. The Hall–Kier alpha value is -0.760. The number of aromatic nitrogens is 2. The highest BCUT2D eigenvalue weighted by molar-refractivity contribution is 6.29. The molecule has 0 fully saturated rings. The summed E-state index contributed by atoms with van der Waals surface area (Å²) in [7, 11) is 0. The van der Waals surface area contributed by atoms with E-state index in [-0.39, 0.29) is 0 Å². The molecular weight excluding hydrogens is 160 g/mol. The highest BCUT2D eigenvalue weighted by Crippen LogP contribution is 2.06. The van der Waals surface area contributed by atoms with Crippen LogP contribution in [0.5, 0.6) is 0 Å². The molecule has 11 heavy (non-hydrogen) atoms. The second-order valence-corrected chi connectivity index (χ2v) is 3.14. The molecule has 0 unspecified atom stereocenters. The first kappa shape index (κ1) is 8.34. The normalized spacial score (nSPS) is 10.1. The monoisotopic (exact) mass is 170 g/mol. The molecule has 0 saturated carbocycles. The first-order valence-electron chi connectivity index (χ1n) is 3.44. The molecule has 0 aromatic carbocycles. The number of rotatable bonds is 2. The van der Waals surface area contributed by atoms with E-state index in [0.717, 1.165) is 11.4 Å². The van der Waals surface area contributed by atoms with Crippen LogP contribution >= 0.6 is 11.6 Å². The average molecular weight is 171 g/mol. The first-order valence-corrected chi connectivity index (χ1v) is 3.81. The molecule has 1 aromatic rings. The summed E-state index contributed by atoms with van der Waals surface area (Å²) in [5.74, 6) is 0. The molecule has 1 aromatic heterocycles. The summed E-state index contributed by atoms with van der Waals surface area (Å²) in [6, 6.07) is 2.01.